The lowest BCUT2D eigenvalue weighted by Gasteiger charge is -2.08. The summed E-state index contributed by atoms with van der Waals surface area (Å²) in [5.41, 5.74) is -2.17. The molecule has 1 aromatic heterocycles. The fourth-order valence-electron chi connectivity index (χ4n) is 0.655. The Labute approximate surface area is 80.0 Å². The van der Waals surface area contributed by atoms with Gasteiger partial charge in [0.05, 0.1) is 5.56 Å². The van der Waals surface area contributed by atoms with Gasteiger partial charge in [-0.3, -0.25) is 4.98 Å². The molecule has 0 unspecified atom stereocenters. The van der Waals surface area contributed by atoms with E-state index in [0.717, 1.165) is 6.20 Å². The van der Waals surface area contributed by atoms with Crippen LogP contribution in [0.1, 0.15) is 15.4 Å². The number of hydrogen-bond acceptors (Lipinski definition) is 1. The summed E-state index contributed by atoms with van der Waals surface area (Å²) in [4.78, 5) is 3.29. The lowest BCUT2D eigenvalue weighted by molar-refractivity contribution is -0.138. The van der Waals surface area contributed by atoms with Crippen LogP contribution in [0.3, 0.4) is 0 Å². The van der Waals surface area contributed by atoms with E-state index in [-0.39, 0.29) is 4.47 Å². The highest BCUT2D eigenvalue weighted by Gasteiger charge is 2.32. The first kappa shape index (κ1) is 5.96. The van der Waals surface area contributed by atoms with E-state index in [1.165, 1.54) is 0 Å². The van der Waals surface area contributed by atoms with Crippen molar-refractivity contribution < 1.29 is 17.3 Å². The largest absolute Gasteiger partial charge is 0.418 e. The van der Waals surface area contributed by atoms with Gasteiger partial charge in [-0.2, -0.15) is 13.2 Å². The van der Waals surface area contributed by atoms with Crippen LogP contribution >= 0.6 is 15.9 Å². The van der Waals surface area contributed by atoms with Gasteiger partial charge in [0.1, 0.15) is 0 Å². The molecule has 0 aliphatic rings. The van der Waals surface area contributed by atoms with Gasteiger partial charge in [-0.05, 0) is 28.8 Å². The van der Waals surface area contributed by atoms with Crippen LogP contribution in [0.4, 0.5) is 13.2 Å². The molecular weight excluding hydrogens is 235 g/mol. The third kappa shape index (κ3) is 1.97. The SMILES string of the molecule is [2H]C([2H])([2H])c1ncc(Br)cc1C(F)(F)F. The molecule has 0 fully saturated rings. The molecule has 0 aliphatic heterocycles. The lowest BCUT2D eigenvalue weighted by Crippen LogP contribution is -2.08. The number of pyridine rings is 1. The maximum absolute atomic E-state index is 12.4. The third-order valence-corrected chi connectivity index (χ3v) is 1.59. The zero-order valence-corrected chi connectivity index (χ0v) is 7.20. The summed E-state index contributed by atoms with van der Waals surface area (Å²) in [5, 5.41) is 0. The smallest absolute Gasteiger partial charge is 0.260 e. The molecule has 0 aromatic carbocycles. The van der Waals surface area contributed by atoms with Gasteiger partial charge in [-0.1, -0.05) is 0 Å². The molecule has 0 radical (unpaired) electrons. The second kappa shape index (κ2) is 3.05. The lowest BCUT2D eigenvalue weighted by atomic mass is 10.2. The Bertz CT molecular complexity index is 375. The molecule has 0 N–H and O–H groups in total. The minimum absolute atomic E-state index is 0.0859. The Balaban J connectivity index is 3.41. The van der Waals surface area contributed by atoms with Crippen LogP contribution in [0.25, 0.3) is 0 Å². The summed E-state index contributed by atoms with van der Waals surface area (Å²) >= 11 is 2.81. The van der Waals surface area contributed by atoms with E-state index < -0.39 is 24.3 Å². The third-order valence-electron chi connectivity index (χ3n) is 1.16. The van der Waals surface area contributed by atoms with Gasteiger partial charge in [0, 0.05) is 20.5 Å². The van der Waals surface area contributed by atoms with E-state index in [2.05, 4.69) is 20.9 Å². The van der Waals surface area contributed by atoms with Crippen LogP contribution in [0.5, 0.6) is 0 Å². The quantitative estimate of drug-likeness (QED) is 0.681. The predicted octanol–water partition coefficient (Wildman–Crippen LogP) is 3.17. The maximum Gasteiger partial charge on any atom is 0.418 e. The molecule has 5 heteroatoms. The second-order valence-electron chi connectivity index (χ2n) is 2.05. The normalized spacial score (nSPS) is 16.5. The highest BCUT2D eigenvalue weighted by Crippen LogP contribution is 2.32. The number of nitrogens with zero attached hydrogens (tertiary/aromatic N) is 1. The second-order valence-corrected chi connectivity index (χ2v) is 2.96. The monoisotopic (exact) mass is 242 g/mol. The molecule has 66 valence electrons. The van der Waals surface area contributed by atoms with Crippen molar-refractivity contribution in [3.63, 3.8) is 0 Å². The van der Waals surface area contributed by atoms with Crippen LogP contribution in [0, 0.1) is 6.85 Å². The van der Waals surface area contributed by atoms with Crippen molar-refractivity contribution in [3.8, 4) is 0 Å². The maximum atomic E-state index is 12.4. The average Bonchev–Trinajstić information content (AvgIpc) is 2.00. The number of hydrogen-bond donors (Lipinski definition) is 0. The summed E-state index contributed by atoms with van der Waals surface area (Å²) in [6.45, 7) is -2.87. The zero-order valence-electron chi connectivity index (χ0n) is 8.61. The van der Waals surface area contributed by atoms with Crippen LogP contribution in [-0.2, 0) is 6.18 Å². The van der Waals surface area contributed by atoms with E-state index in [1.807, 2.05) is 0 Å². The van der Waals surface area contributed by atoms with Crippen LogP contribution in [0.15, 0.2) is 16.7 Å². The first-order valence-electron chi connectivity index (χ1n) is 4.35. The predicted molar refractivity (Wildman–Crippen MR) is 41.7 cm³/mol. The van der Waals surface area contributed by atoms with Crippen molar-refractivity contribution >= 4 is 15.9 Å². The zero-order chi connectivity index (χ0) is 11.9. The number of aryl methyl sites for hydroxylation is 1. The fraction of sp³-hybridized carbons (Fsp3) is 0.286. The topological polar surface area (TPSA) is 12.9 Å². The molecule has 1 nitrogen and oxygen atoms in total. The van der Waals surface area contributed by atoms with Gasteiger partial charge in [0.2, 0.25) is 0 Å². The van der Waals surface area contributed by atoms with Gasteiger partial charge in [0.25, 0.3) is 0 Å². The van der Waals surface area contributed by atoms with Gasteiger partial charge in [-0.15, -0.1) is 0 Å². The van der Waals surface area contributed by atoms with Gasteiger partial charge in [0.15, 0.2) is 0 Å². The molecule has 0 amide bonds. The van der Waals surface area contributed by atoms with Crippen LogP contribution in [0.2, 0.25) is 0 Å². The Morgan fingerprint density at radius 2 is 2.25 bits per heavy atom. The summed E-state index contributed by atoms with van der Waals surface area (Å²) in [6.07, 6.45) is -3.70. The van der Waals surface area contributed by atoms with E-state index in [0.29, 0.717) is 6.07 Å². The highest BCUT2D eigenvalue weighted by molar-refractivity contribution is 9.10. The van der Waals surface area contributed by atoms with Crippen molar-refractivity contribution in [1.82, 2.24) is 4.98 Å². The van der Waals surface area contributed by atoms with Crippen LogP contribution in [-0.4, -0.2) is 4.98 Å². The number of rotatable bonds is 0. The molecule has 1 heterocycles. The average molecular weight is 243 g/mol. The van der Waals surface area contributed by atoms with Crippen molar-refractivity contribution in [2.24, 2.45) is 0 Å². The van der Waals surface area contributed by atoms with Crippen molar-refractivity contribution in [2.75, 3.05) is 0 Å². The first-order valence-corrected chi connectivity index (χ1v) is 3.65. The molecule has 12 heavy (non-hydrogen) atoms. The minimum atomic E-state index is -4.72. The number of alkyl halides is 3. The molecular formula is C7H5BrF3N. The van der Waals surface area contributed by atoms with E-state index in [1.54, 1.807) is 0 Å². The Hall–Kier alpha value is -0.580. The summed E-state index contributed by atoms with van der Waals surface area (Å²) < 4.78 is 58.2. The van der Waals surface area contributed by atoms with Gasteiger partial charge >= 0.3 is 6.18 Å². The van der Waals surface area contributed by atoms with Crippen molar-refractivity contribution in [3.05, 3.63) is 28.0 Å². The molecule has 0 bridgehead atoms. The molecule has 0 aliphatic carbocycles. The van der Waals surface area contributed by atoms with E-state index >= 15 is 0 Å². The van der Waals surface area contributed by atoms with Crippen LogP contribution < -0.4 is 0 Å². The standard InChI is InChI=1S/C7H5BrF3N/c1-4-6(7(9,10)11)2-5(8)3-12-4/h2-3H,1H3/i1D3. The molecule has 0 saturated heterocycles. The van der Waals surface area contributed by atoms with Crippen molar-refractivity contribution in [2.45, 2.75) is 13.0 Å². The molecule has 1 rings (SSSR count). The van der Waals surface area contributed by atoms with E-state index in [4.69, 9.17) is 4.11 Å². The Kier molecular flexibility index (Phi) is 1.51. The molecule has 0 saturated carbocycles. The van der Waals surface area contributed by atoms with Gasteiger partial charge < -0.3 is 0 Å². The fourth-order valence-corrected chi connectivity index (χ4v) is 0.987. The minimum Gasteiger partial charge on any atom is -0.260 e. The summed E-state index contributed by atoms with van der Waals surface area (Å²) in [6, 6.07) is 0.703. The Morgan fingerprint density at radius 1 is 1.58 bits per heavy atom. The number of halogens is 4. The molecule has 1 aromatic rings. The van der Waals surface area contributed by atoms with Crippen molar-refractivity contribution in [1.29, 1.82) is 0 Å². The number of aromatic nitrogens is 1. The molecule has 0 spiro atoms. The first-order chi connectivity index (χ1) is 6.62. The van der Waals surface area contributed by atoms with E-state index in [9.17, 15) is 13.2 Å². The highest BCUT2D eigenvalue weighted by atomic mass is 79.9. The molecule has 0 atom stereocenters. The summed E-state index contributed by atoms with van der Waals surface area (Å²) in [5.74, 6) is 0. The summed E-state index contributed by atoms with van der Waals surface area (Å²) in [7, 11) is 0. The van der Waals surface area contributed by atoms with Gasteiger partial charge in [-0.25, -0.2) is 0 Å². The Morgan fingerprint density at radius 3 is 2.75 bits per heavy atom.